The molecule has 0 N–H and O–H groups in total. The maximum atomic E-state index is 11.3. The minimum atomic E-state index is -3.87. The molecular formula is C8H14Cl2O4Sn. The molecular weight excluding hydrogens is 350 g/mol. The van der Waals surface area contributed by atoms with Crippen molar-refractivity contribution in [3.8, 4) is 0 Å². The Bertz CT molecular complexity index is 233. The second-order valence-corrected chi connectivity index (χ2v) is 21.6. The second-order valence-electron chi connectivity index (χ2n) is 3.16. The van der Waals surface area contributed by atoms with Crippen LogP contribution in [-0.2, 0) is 19.1 Å². The number of halogens is 2. The molecule has 88 valence electrons. The van der Waals surface area contributed by atoms with Crippen LogP contribution >= 0.6 is 17.8 Å². The van der Waals surface area contributed by atoms with Crippen molar-refractivity contribution in [2.45, 2.75) is 21.7 Å². The van der Waals surface area contributed by atoms with Gasteiger partial charge in [0.05, 0.1) is 0 Å². The van der Waals surface area contributed by atoms with Crippen LogP contribution in [0.2, 0.25) is 7.87 Å². The molecule has 0 fully saturated rings. The standard InChI is InChI=1S/2C4H7O2.2ClH.Sn/c2*1-3-4(5)6-2;;;/h2*3H,1-2H3;2*1H;/q;;;;+2/p-2. The molecule has 0 aliphatic carbocycles. The van der Waals surface area contributed by atoms with E-state index in [1.54, 1.807) is 13.8 Å². The molecule has 0 aromatic carbocycles. The Labute approximate surface area is 101 Å². The summed E-state index contributed by atoms with van der Waals surface area (Å²) in [4.78, 5) is 22.6. The van der Waals surface area contributed by atoms with Gasteiger partial charge in [0, 0.05) is 0 Å². The van der Waals surface area contributed by atoms with E-state index >= 15 is 0 Å². The van der Waals surface area contributed by atoms with Crippen molar-refractivity contribution in [3.63, 3.8) is 0 Å². The molecule has 0 rings (SSSR count). The van der Waals surface area contributed by atoms with Crippen LogP contribution in [0.1, 0.15) is 13.8 Å². The SMILES string of the molecule is COC(=O)[CH](C)[Sn]([Cl])([Cl])[CH](C)C(=O)OC. The monoisotopic (exact) mass is 364 g/mol. The Morgan fingerprint density at radius 3 is 1.47 bits per heavy atom. The van der Waals surface area contributed by atoms with Crippen LogP contribution in [0.3, 0.4) is 0 Å². The van der Waals surface area contributed by atoms with Crippen LogP contribution in [0, 0.1) is 0 Å². The number of rotatable bonds is 4. The van der Waals surface area contributed by atoms with E-state index in [1.807, 2.05) is 0 Å². The van der Waals surface area contributed by atoms with E-state index in [-0.39, 0.29) is 0 Å². The Balaban J connectivity index is 4.79. The molecule has 4 nitrogen and oxygen atoms in total. The Kier molecular flexibility index (Phi) is 6.28. The molecule has 0 aliphatic heterocycles. The third-order valence-electron chi connectivity index (χ3n) is 2.26. The molecule has 15 heavy (non-hydrogen) atoms. The van der Waals surface area contributed by atoms with E-state index in [1.165, 1.54) is 14.2 Å². The van der Waals surface area contributed by atoms with Crippen LogP contribution in [0.25, 0.3) is 0 Å². The van der Waals surface area contributed by atoms with Crippen molar-refractivity contribution in [3.05, 3.63) is 0 Å². The first-order valence-corrected chi connectivity index (χ1v) is 14.8. The fourth-order valence-electron chi connectivity index (χ4n) is 1.04. The third-order valence-corrected chi connectivity index (χ3v) is 19.0. The molecule has 0 saturated carbocycles. The van der Waals surface area contributed by atoms with Gasteiger partial charge in [-0.15, -0.1) is 0 Å². The first kappa shape index (κ1) is 15.3. The van der Waals surface area contributed by atoms with Gasteiger partial charge in [-0.05, 0) is 0 Å². The van der Waals surface area contributed by atoms with Gasteiger partial charge in [-0.1, -0.05) is 0 Å². The van der Waals surface area contributed by atoms with Crippen LogP contribution in [-0.4, -0.2) is 42.3 Å². The fourth-order valence-corrected chi connectivity index (χ4v) is 8.04. The third kappa shape index (κ3) is 3.67. The number of hydrogen-bond donors (Lipinski definition) is 0. The van der Waals surface area contributed by atoms with Crippen molar-refractivity contribution in [1.82, 2.24) is 0 Å². The van der Waals surface area contributed by atoms with Gasteiger partial charge in [0.25, 0.3) is 0 Å². The van der Waals surface area contributed by atoms with Crippen LogP contribution in [0.5, 0.6) is 0 Å². The molecule has 0 aromatic rings. The minimum absolute atomic E-state index is 0.480. The van der Waals surface area contributed by atoms with Gasteiger partial charge in [0.2, 0.25) is 0 Å². The Hall–Kier alpha value is 0.319. The van der Waals surface area contributed by atoms with Crippen LogP contribution in [0.15, 0.2) is 0 Å². The number of ether oxygens (including phenoxy) is 2. The summed E-state index contributed by atoms with van der Waals surface area (Å²) in [6, 6.07) is 0. The molecule has 0 saturated heterocycles. The zero-order valence-electron chi connectivity index (χ0n) is 9.04. The van der Waals surface area contributed by atoms with Crippen LogP contribution < -0.4 is 0 Å². The topological polar surface area (TPSA) is 52.6 Å². The van der Waals surface area contributed by atoms with Crippen molar-refractivity contribution >= 4 is 45.9 Å². The average Bonchev–Trinajstić information content (AvgIpc) is 2.24. The predicted molar refractivity (Wildman–Crippen MR) is 60.3 cm³/mol. The number of hydrogen-bond acceptors (Lipinski definition) is 4. The predicted octanol–water partition coefficient (Wildman–Crippen LogP) is 2.03. The van der Waals surface area contributed by atoms with E-state index < -0.39 is 35.9 Å². The maximum absolute atomic E-state index is 11.3. The molecule has 0 radical (unpaired) electrons. The zero-order chi connectivity index (χ0) is 12.2. The summed E-state index contributed by atoms with van der Waals surface area (Å²) in [5.74, 6) is -0.960. The zero-order valence-corrected chi connectivity index (χ0v) is 13.4. The average molecular weight is 364 g/mol. The van der Waals surface area contributed by atoms with Gasteiger partial charge in [-0.25, -0.2) is 0 Å². The van der Waals surface area contributed by atoms with Gasteiger partial charge in [0.1, 0.15) is 0 Å². The van der Waals surface area contributed by atoms with Gasteiger partial charge < -0.3 is 0 Å². The fraction of sp³-hybridized carbons (Fsp3) is 0.750. The van der Waals surface area contributed by atoms with Crippen molar-refractivity contribution in [2.75, 3.05) is 14.2 Å². The number of carbonyl (C=O) groups excluding carboxylic acids is 2. The second kappa shape index (κ2) is 6.15. The van der Waals surface area contributed by atoms with Gasteiger partial charge >= 0.3 is 101 Å². The van der Waals surface area contributed by atoms with Crippen molar-refractivity contribution < 1.29 is 19.1 Å². The van der Waals surface area contributed by atoms with E-state index in [0.29, 0.717) is 0 Å². The van der Waals surface area contributed by atoms with E-state index in [4.69, 9.17) is 17.8 Å². The quantitative estimate of drug-likeness (QED) is 0.566. The van der Waals surface area contributed by atoms with E-state index in [0.717, 1.165) is 0 Å². The van der Waals surface area contributed by atoms with Crippen LogP contribution in [0.4, 0.5) is 0 Å². The summed E-state index contributed by atoms with van der Waals surface area (Å²) in [5.41, 5.74) is 0. The summed E-state index contributed by atoms with van der Waals surface area (Å²) < 4.78 is 7.89. The molecule has 0 amide bonds. The number of esters is 2. The van der Waals surface area contributed by atoms with Crippen molar-refractivity contribution in [2.24, 2.45) is 0 Å². The summed E-state index contributed by atoms with van der Waals surface area (Å²) in [6.07, 6.45) is 0. The molecule has 7 heteroatoms. The first-order chi connectivity index (χ1) is 6.78. The molecule has 0 spiro atoms. The Morgan fingerprint density at radius 2 is 1.27 bits per heavy atom. The molecule has 0 heterocycles. The molecule has 2 atom stereocenters. The van der Waals surface area contributed by atoms with Gasteiger partial charge in [-0.3, -0.25) is 0 Å². The molecule has 0 aliphatic rings. The van der Waals surface area contributed by atoms with Gasteiger partial charge in [0.15, 0.2) is 0 Å². The van der Waals surface area contributed by atoms with E-state index in [2.05, 4.69) is 9.47 Å². The Morgan fingerprint density at radius 1 is 1.00 bits per heavy atom. The molecule has 0 bridgehead atoms. The summed E-state index contributed by atoms with van der Waals surface area (Å²) in [5, 5.41) is 0. The summed E-state index contributed by atoms with van der Waals surface area (Å²) in [6.45, 7) is 3.17. The number of carbonyl (C=O) groups is 2. The van der Waals surface area contributed by atoms with E-state index in [9.17, 15) is 9.59 Å². The normalized spacial score (nSPS) is 15.3. The molecule has 2 unspecified atom stereocenters. The first-order valence-electron chi connectivity index (χ1n) is 4.32. The van der Waals surface area contributed by atoms with Gasteiger partial charge in [-0.2, -0.15) is 0 Å². The number of methoxy groups -OCH3 is 2. The summed E-state index contributed by atoms with van der Waals surface area (Å²) >= 11 is -3.87. The summed E-state index contributed by atoms with van der Waals surface area (Å²) in [7, 11) is 14.8. The van der Waals surface area contributed by atoms with Crippen molar-refractivity contribution in [1.29, 1.82) is 0 Å². The molecule has 0 aromatic heterocycles.